The van der Waals surface area contributed by atoms with Crippen LogP contribution < -0.4 is 10.2 Å². The van der Waals surface area contributed by atoms with Gasteiger partial charge in [0.25, 0.3) is 0 Å². The first-order valence-corrected chi connectivity index (χ1v) is 11.5. The molecule has 3 aromatic carbocycles. The van der Waals surface area contributed by atoms with Crippen LogP contribution in [0.15, 0.2) is 83.3 Å². The van der Waals surface area contributed by atoms with E-state index in [-0.39, 0.29) is 18.2 Å². The number of halogens is 1. The molecular formula is C26H25BrN2O3. The summed E-state index contributed by atoms with van der Waals surface area (Å²) in [6.07, 6.45) is 1.07. The van der Waals surface area contributed by atoms with Crippen LogP contribution in [0.2, 0.25) is 0 Å². The minimum absolute atomic E-state index is 0.0515. The second-order valence-electron chi connectivity index (χ2n) is 8.01. The maximum absolute atomic E-state index is 12.7. The van der Waals surface area contributed by atoms with Crippen LogP contribution >= 0.6 is 15.9 Å². The third-order valence-corrected chi connectivity index (χ3v) is 6.42. The number of aliphatic hydroxyl groups excluding tert-OH is 1. The summed E-state index contributed by atoms with van der Waals surface area (Å²) in [5.74, 6) is -0.597. The molecule has 1 aliphatic rings. The predicted molar refractivity (Wildman–Crippen MR) is 129 cm³/mol. The van der Waals surface area contributed by atoms with Crippen LogP contribution in [0.1, 0.15) is 30.1 Å². The first-order chi connectivity index (χ1) is 15.5. The van der Waals surface area contributed by atoms with E-state index >= 15 is 0 Å². The number of aryl methyl sites for hydroxylation is 1. The number of carbonyl (C=O) groups excluding carboxylic acids is 2. The predicted octanol–water partition coefficient (Wildman–Crippen LogP) is 5.11. The molecule has 6 heteroatoms. The van der Waals surface area contributed by atoms with Crippen LogP contribution in [0.5, 0.6) is 0 Å². The zero-order chi connectivity index (χ0) is 22.5. The van der Waals surface area contributed by atoms with E-state index in [0.29, 0.717) is 18.7 Å². The molecule has 0 aromatic heterocycles. The van der Waals surface area contributed by atoms with E-state index in [1.54, 1.807) is 4.90 Å². The molecule has 32 heavy (non-hydrogen) atoms. The highest BCUT2D eigenvalue weighted by molar-refractivity contribution is 9.10. The maximum Gasteiger partial charge on any atom is 0.229 e. The number of rotatable bonds is 7. The second-order valence-corrected chi connectivity index (χ2v) is 8.86. The van der Waals surface area contributed by atoms with Crippen LogP contribution in [0, 0.1) is 5.92 Å². The highest BCUT2D eigenvalue weighted by Gasteiger charge is 2.35. The molecule has 0 spiro atoms. The Hall–Kier alpha value is -2.96. The second kappa shape index (κ2) is 10.1. The van der Waals surface area contributed by atoms with Gasteiger partial charge in [-0.1, -0.05) is 54.6 Å². The normalized spacial score (nSPS) is 16.8. The number of benzene rings is 3. The molecule has 0 aliphatic carbocycles. The Morgan fingerprint density at radius 1 is 1.03 bits per heavy atom. The van der Waals surface area contributed by atoms with Crippen molar-refractivity contribution in [3.8, 4) is 0 Å². The Balaban J connectivity index is 1.31. The molecule has 0 radical (unpaired) electrons. The fourth-order valence-corrected chi connectivity index (χ4v) is 4.43. The molecule has 2 N–H and O–H groups in total. The third kappa shape index (κ3) is 5.26. The summed E-state index contributed by atoms with van der Waals surface area (Å²) < 4.78 is 0.836. The van der Waals surface area contributed by atoms with Crippen molar-refractivity contribution in [3.05, 3.63) is 94.5 Å². The number of hydrogen-bond donors (Lipinski definition) is 2. The molecule has 0 bridgehead atoms. The van der Waals surface area contributed by atoms with Crippen molar-refractivity contribution in [2.45, 2.75) is 25.4 Å². The van der Waals surface area contributed by atoms with Crippen LogP contribution in [0.3, 0.4) is 0 Å². The Bertz CT molecular complexity index is 1090. The van der Waals surface area contributed by atoms with Crippen molar-refractivity contribution in [2.75, 3.05) is 16.8 Å². The highest BCUT2D eigenvalue weighted by atomic mass is 79.9. The summed E-state index contributed by atoms with van der Waals surface area (Å²) in [4.78, 5) is 26.9. The van der Waals surface area contributed by atoms with Gasteiger partial charge in [-0.2, -0.15) is 0 Å². The van der Waals surface area contributed by atoms with Gasteiger partial charge in [0.15, 0.2) is 0 Å². The molecule has 3 aromatic rings. The quantitative estimate of drug-likeness (QED) is 0.481. The number of anilines is 2. The minimum Gasteiger partial charge on any atom is -0.388 e. The fraction of sp³-hybridized carbons (Fsp3) is 0.231. The van der Waals surface area contributed by atoms with Crippen LogP contribution in [0.25, 0.3) is 0 Å². The van der Waals surface area contributed by atoms with Gasteiger partial charge in [-0.3, -0.25) is 9.59 Å². The Kier molecular flexibility index (Phi) is 7.02. The lowest BCUT2D eigenvalue weighted by Crippen LogP contribution is -2.28. The van der Waals surface area contributed by atoms with Gasteiger partial charge in [0.1, 0.15) is 0 Å². The molecule has 164 valence electrons. The van der Waals surface area contributed by atoms with Gasteiger partial charge in [-0.25, -0.2) is 0 Å². The van der Waals surface area contributed by atoms with Gasteiger partial charge < -0.3 is 15.3 Å². The molecule has 2 amide bonds. The van der Waals surface area contributed by atoms with E-state index in [1.807, 2.05) is 78.9 Å². The summed E-state index contributed by atoms with van der Waals surface area (Å²) in [5.41, 5.74) is 3.50. The smallest absolute Gasteiger partial charge is 0.229 e. The lowest BCUT2D eigenvalue weighted by molar-refractivity contribution is -0.122. The average molecular weight is 493 g/mol. The van der Waals surface area contributed by atoms with E-state index in [0.717, 1.165) is 27.7 Å². The molecule has 1 heterocycles. The van der Waals surface area contributed by atoms with Crippen LogP contribution in [0.4, 0.5) is 11.4 Å². The maximum atomic E-state index is 12.7. The number of nitrogens with one attached hydrogen (secondary N) is 1. The number of aliphatic hydroxyl groups is 1. The van der Waals surface area contributed by atoms with Crippen molar-refractivity contribution >= 4 is 39.1 Å². The van der Waals surface area contributed by atoms with Crippen molar-refractivity contribution in [1.29, 1.82) is 0 Å². The summed E-state index contributed by atoms with van der Waals surface area (Å²) in [6, 6.07) is 24.8. The van der Waals surface area contributed by atoms with E-state index in [1.165, 1.54) is 0 Å². The molecule has 5 nitrogen and oxygen atoms in total. The standard InChI is InChI=1S/C26H25BrN2O3/c27-22-8-4-5-9-23(22)29-17-20(16-25(29)31)26(32)28-21-13-10-18(11-14-21)12-15-24(30)19-6-2-1-3-7-19/h1-11,13-14,20,24,30H,12,15-17H2,(H,28,32). The Morgan fingerprint density at radius 3 is 2.44 bits per heavy atom. The number of nitrogens with zero attached hydrogens (tertiary/aromatic N) is 1. The lowest BCUT2D eigenvalue weighted by atomic mass is 10.0. The van der Waals surface area contributed by atoms with E-state index in [9.17, 15) is 14.7 Å². The Labute approximate surface area is 196 Å². The Morgan fingerprint density at radius 2 is 1.72 bits per heavy atom. The average Bonchev–Trinajstić information content (AvgIpc) is 3.21. The van der Waals surface area contributed by atoms with Crippen molar-refractivity contribution < 1.29 is 14.7 Å². The number of carbonyl (C=O) groups is 2. The molecule has 0 saturated carbocycles. The van der Waals surface area contributed by atoms with E-state index in [2.05, 4.69) is 21.2 Å². The van der Waals surface area contributed by atoms with Gasteiger partial charge in [0.05, 0.1) is 17.7 Å². The summed E-state index contributed by atoms with van der Waals surface area (Å²) in [6.45, 7) is 0.364. The zero-order valence-corrected chi connectivity index (χ0v) is 19.2. The van der Waals surface area contributed by atoms with Crippen LogP contribution in [-0.2, 0) is 16.0 Å². The minimum atomic E-state index is -0.497. The van der Waals surface area contributed by atoms with Gasteiger partial charge in [-0.05, 0) is 64.2 Å². The topological polar surface area (TPSA) is 69.6 Å². The van der Waals surface area contributed by atoms with E-state index in [4.69, 9.17) is 0 Å². The highest BCUT2D eigenvalue weighted by Crippen LogP contribution is 2.31. The molecule has 2 unspecified atom stereocenters. The molecule has 1 fully saturated rings. The molecule has 1 aliphatic heterocycles. The van der Waals surface area contributed by atoms with Gasteiger partial charge in [0, 0.05) is 23.1 Å². The number of para-hydroxylation sites is 1. The number of amides is 2. The zero-order valence-electron chi connectivity index (χ0n) is 17.6. The first-order valence-electron chi connectivity index (χ1n) is 10.7. The SMILES string of the molecule is O=C(Nc1ccc(CCC(O)c2ccccc2)cc1)C1CC(=O)N(c2ccccc2Br)C1. The van der Waals surface area contributed by atoms with Gasteiger partial charge in [-0.15, -0.1) is 0 Å². The van der Waals surface area contributed by atoms with Gasteiger partial charge in [0.2, 0.25) is 11.8 Å². The molecule has 2 atom stereocenters. The summed E-state index contributed by atoms with van der Waals surface area (Å²) in [5, 5.41) is 13.3. The van der Waals surface area contributed by atoms with E-state index < -0.39 is 12.0 Å². The monoisotopic (exact) mass is 492 g/mol. The number of hydrogen-bond acceptors (Lipinski definition) is 3. The van der Waals surface area contributed by atoms with Gasteiger partial charge >= 0.3 is 0 Å². The van der Waals surface area contributed by atoms with Crippen molar-refractivity contribution in [3.63, 3.8) is 0 Å². The molecule has 1 saturated heterocycles. The molecular weight excluding hydrogens is 468 g/mol. The fourth-order valence-electron chi connectivity index (χ4n) is 3.93. The largest absolute Gasteiger partial charge is 0.388 e. The summed E-state index contributed by atoms with van der Waals surface area (Å²) in [7, 11) is 0. The lowest BCUT2D eigenvalue weighted by Gasteiger charge is -2.18. The van der Waals surface area contributed by atoms with Crippen molar-refractivity contribution in [1.82, 2.24) is 0 Å². The van der Waals surface area contributed by atoms with Crippen molar-refractivity contribution in [2.24, 2.45) is 5.92 Å². The first kappa shape index (κ1) is 22.2. The summed E-state index contributed by atoms with van der Waals surface area (Å²) >= 11 is 3.48. The van der Waals surface area contributed by atoms with Crippen LogP contribution in [-0.4, -0.2) is 23.5 Å². The third-order valence-electron chi connectivity index (χ3n) is 5.75. The molecule has 4 rings (SSSR count).